The zero-order valence-corrected chi connectivity index (χ0v) is 11.5. The third kappa shape index (κ3) is 2.93. The van der Waals surface area contributed by atoms with Crippen molar-refractivity contribution in [2.24, 2.45) is 5.73 Å². The van der Waals surface area contributed by atoms with Gasteiger partial charge in [0.2, 0.25) is 0 Å². The monoisotopic (exact) mass is 263 g/mol. The van der Waals surface area contributed by atoms with Crippen LogP contribution < -0.4 is 5.73 Å². The van der Waals surface area contributed by atoms with E-state index in [-0.39, 0.29) is 22.7 Å². The average molecular weight is 263 g/mol. The third-order valence-corrected chi connectivity index (χ3v) is 3.83. The molecule has 0 radical (unpaired) electrons. The van der Waals surface area contributed by atoms with E-state index < -0.39 is 0 Å². The molecule has 2 unspecified atom stereocenters. The molecule has 0 aliphatic carbocycles. The van der Waals surface area contributed by atoms with Gasteiger partial charge < -0.3 is 5.73 Å². The van der Waals surface area contributed by atoms with Crippen molar-refractivity contribution in [1.82, 2.24) is 4.90 Å². The number of nitro groups is 1. The van der Waals surface area contributed by atoms with Crippen LogP contribution in [0.4, 0.5) is 5.69 Å². The molecule has 5 nitrogen and oxygen atoms in total. The van der Waals surface area contributed by atoms with Gasteiger partial charge in [-0.3, -0.25) is 15.0 Å². The first-order chi connectivity index (χ1) is 9.00. The molecule has 5 heteroatoms. The molecule has 19 heavy (non-hydrogen) atoms. The lowest BCUT2D eigenvalue weighted by Crippen LogP contribution is -2.48. The fraction of sp³-hybridized carbons (Fsp3) is 0.571. The van der Waals surface area contributed by atoms with E-state index in [1.807, 2.05) is 12.1 Å². The number of nitrogens with zero attached hydrogens (tertiary/aromatic N) is 2. The number of piperidine rings is 1. The van der Waals surface area contributed by atoms with Gasteiger partial charge in [0.25, 0.3) is 5.69 Å². The number of non-ortho nitro benzene ring substituents is 1. The van der Waals surface area contributed by atoms with Gasteiger partial charge >= 0.3 is 0 Å². The highest BCUT2D eigenvalue weighted by Crippen LogP contribution is 2.32. The summed E-state index contributed by atoms with van der Waals surface area (Å²) < 4.78 is 0. The van der Waals surface area contributed by atoms with Gasteiger partial charge in [-0.05, 0) is 38.8 Å². The minimum atomic E-state index is -0.370. The van der Waals surface area contributed by atoms with E-state index in [0.717, 1.165) is 24.9 Å². The molecule has 1 aliphatic heterocycles. The number of hydrogen-bond donors (Lipinski definition) is 1. The van der Waals surface area contributed by atoms with Crippen molar-refractivity contribution >= 4 is 5.69 Å². The maximum absolute atomic E-state index is 10.7. The van der Waals surface area contributed by atoms with Gasteiger partial charge in [0.05, 0.1) is 11.0 Å². The van der Waals surface area contributed by atoms with Crippen LogP contribution in [0.2, 0.25) is 0 Å². The second kappa shape index (κ2) is 5.67. The van der Waals surface area contributed by atoms with Gasteiger partial charge in [-0.1, -0.05) is 12.1 Å². The van der Waals surface area contributed by atoms with Crippen LogP contribution in [0.5, 0.6) is 0 Å². The number of likely N-dealkylation sites (tertiary alicyclic amines) is 1. The van der Waals surface area contributed by atoms with Crippen LogP contribution in [0.1, 0.15) is 38.3 Å². The van der Waals surface area contributed by atoms with Gasteiger partial charge in [0, 0.05) is 24.2 Å². The molecule has 2 N–H and O–H groups in total. The minimum absolute atomic E-state index is 0.0950. The summed E-state index contributed by atoms with van der Waals surface area (Å²) in [6.07, 6.45) is 2.12. The first-order valence-corrected chi connectivity index (χ1v) is 6.76. The topological polar surface area (TPSA) is 72.4 Å². The normalized spacial score (nSPS) is 24.6. The van der Waals surface area contributed by atoms with Crippen LogP contribution in [0.25, 0.3) is 0 Å². The predicted octanol–water partition coefficient (Wildman–Crippen LogP) is 2.47. The van der Waals surface area contributed by atoms with Gasteiger partial charge in [0.15, 0.2) is 0 Å². The molecule has 104 valence electrons. The first kappa shape index (κ1) is 14.0. The molecule has 1 saturated heterocycles. The Labute approximate surface area is 113 Å². The Morgan fingerprint density at radius 2 is 2.00 bits per heavy atom. The lowest BCUT2D eigenvalue weighted by molar-refractivity contribution is -0.384. The summed E-state index contributed by atoms with van der Waals surface area (Å²) in [6, 6.07) is 7.48. The highest BCUT2D eigenvalue weighted by molar-refractivity contribution is 5.35. The summed E-state index contributed by atoms with van der Waals surface area (Å²) in [6.45, 7) is 5.36. The summed E-state index contributed by atoms with van der Waals surface area (Å²) in [4.78, 5) is 12.7. The molecule has 1 heterocycles. The molecule has 0 amide bonds. The van der Waals surface area contributed by atoms with E-state index in [4.69, 9.17) is 5.73 Å². The van der Waals surface area contributed by atoms with Crippen LogP contribution in [-0.4, -0.2) is 28.5 Å². The quantitative estimate of drug-likeness (QED) is 0.671. The van der Waals surface area contributed by atoms with Crippen LogP contribution in [0.15, 0.2) is 24.3 Å². The molecule has 2 atom stereocenters. The third-order valence-electron chi connectivity index (χ3n) is 3.83. The molecule has 0 spiro atoms. The Bertz CT molecular complexity index is 445. The van der Waals surface area contributed by atoms with Crippen LogP contribution >= 0.6 is 0 Å². The molecule has 1 aromatic carbocycles. The second-order valence-electron chi connectivity index (χ2n) is 5.43. The van der Waals surface area contributed by atoms with Crippen LogP contribution in [-0.2, 0) is 0 Å². The number of rotatable bonds is 3. The van der Waals surface area contributed by atoms with Gasteiger partial charge in [-0.25, -0.2) is 0 Å². The van der Waals surface area contributed by atoms with Crippen molar-refractivity contribution in [3.8, 4) is 0 Å². The average Bonchev–Trinajstić information content (AvgIpc) is 2.38. The van der Waals surface area contributed by atoms with Gasteiger partial charge in [-0.15, -0.1) is 0 Å². The number of hydrogen-bond acceptors (Lipinski definition) is 4. The molecule has 0 saturated carbocycles. The van der Waals surface area contributed by atoms with Crippen molar-refractivity contribution in [2.75, 3.05) is 6.54 Å². The first-order valence-electron chi connectivity index (χ1n) is 6.76. The fourth-order valence-electron chi connectivity index (χ4n) is 2.86. The molecule has 1 fully saturated rings. The summed E-state index contributed by atoms with van der Waals surface area (Å²) in [7, 11) is 0. The highest BCUT2D eigenvalue weighted by atomic mass is 16.6. The maximum atomic E-state index is 10.7. The summed E-state index contributed by atoms with van der Waals surface area (Å²) in [5.41, 5.74) is 7.47. The number of benzene rings is 1. The standard InChI is InChI=1S/C14H21N3O2/c1-10(2)16-9-3-4-13(15)14(16)11-5-7-12(8-6-11)17(18)19/h5-8,10,13-14H,3-4,9,15H2,1-2H3. The van der Waals surface area contributed by atoms with Crippen molar-refractivity contribution in [1.29, 1.82) is 0 Å². The minimum Gasteiger partial charge on any atom is -0.326 e. The SMILES string of the molecule is CC(C)N1CCCC(N)C1c1ccc([N+](=O)[O-])cc1. The number of nitro benzene ring substituents is 1. The lowest BCUT2D eigenvalue weighted by atomic mass is 9.90. The van der Waals surface area contributed by atoms with E-state index in [1.165, 1.54) is 0 Å². The van der Waals surface area contributed by atoms with E-state index >= 15 is 0 Å². The molecule has 2 rings (SSSR count). The Balaban J connectivity index is 2.28. The van der Waals surface area contributed by atoms with Gasteiger partial charge in [-0.2, -0.15) is 0 Å². The van der Waals surface area contributed by atoms with Crippen molar-refractivity contribution in [3.05, 3.63) is 39.9 Å². The Hall–Kier alpha value is -1.46. The summed E-state index contributed by atoms with van der Waals surface area (Å²) in [5.74, 6) is 0. The second-order valence-corrected chi connectivity index (χ2v) is 5.43. The summed E-state index contributed by atoms with van der Waals surface area (Å²) >= 11 is 0. The number of nitrogens with two attached hydrogens (primary N) is 1. The Morgan fingerprint density at radius 3 is 2.53 bits per heavy atom. The molecular weight excluding hydrogens is 242 g/mol. The smallest absolute Gasteiger partial charge is 0.269 e. The van der Waals surface area contributed by atoms with E-state index in [2.05, 4.69) is 18.7 Å². The molecule has 0 aromatic heterocycles. The molecule has 1 aromatic rings. The van der Waals surface area contributed by atoms with E-state index in [1.54, 1.807) is 12.1 Å². The molecule has 1 aliphatic rings. The van der Waals surface area contributed by atoms with Crippen molar-refractivity contribution in [3.63, 3.8) is 0 Å². The van der Waals surface area contributed by atoms with Crippen LogP contribution in [0.3, 0.4) is 0 Å². The fourth-order valence-corrected chi connectivity index (χ4v) is 2.86. The Kier molecular flexibility index (Phi) is 4.17. The zero-order valence-electron chi connectivity index (χ0n) is 11.5. The maximum Gasteiger partial charge on any atom is 0.269 e. The van der Waals surface area contributed by atoms with E-state index in [9.17, 15) is 10.1 Å². The van der Waals surface area contributed by atoms with E-state index in [0.29, 0.717) is 6.04 Å². The predicted molar refractivity (Wildman–Crippen MR) is 74.9 cm³/mol. The molecular formula is C14H21N3O2. The van der Waals surface area contributed by atoms with Crippen LogP contribution in [0, 0.1) is 10.1 Å². The van der Waals surface area contributed by atoms with Crippen molar-refractivity contribution < 1.29 is 4.92 Å². The largest absolute Gasteiger partial charge is 0.326 e. The lowest BCUT2D eigenvalue weighted by Gasteiger charge is -2.42. The molecule has 0 bridgehead atoms. The van der Waals surface area contributed by atoms with Gasteiger partial charge in [0.1, 0.15) is 0 Å². The highest BCUT2D eigenvalue weighted by Gasteiger charge is 2.31. The van der Waals surface area contributed by atoms with Crippen molar-refractivity contribution in [2.45, 2.75) is 44.8 Å². The zero-order chi connectivity index (χ0) is 14.0. The summed E-state index contributed by atoms with van der Waals surface area (Å²) in [5, 5.41) is 10.7. The Morgan fingerprint density at radius 1 is 1.37 bits per heavy atom.